The van der Waals surface area contributed by atoms with Crippen molar-refractivity contribution >= 4 is 5.97 Å². The molecule has 3 heteroatoms. The SMILES string of the molecule is CCCCC(N)(C(=O)OC)C(C)C. The second-order valence-electron chi connectivity index (χ2n) is 3.79. The lowest BCUT2D eigenvalue weighted by atomic mass is 9.83. The molecule has 0 bridgehead atoms. The minimum absolute atomic E-state index is 0.117. The molecular weight excluding hydrogens is 166 g/mol. The van der Waals surface area contributed by atoms with Crippen molar-refractivity contribution in [1.82, 2.24) is 0 Å². The highest BCUT2D eigenvalue weighted by atomic mass is 16.5. The van der Waals surface area contributed by atoms with Gasteiger partial charge >= 0.3 is 5.97 Å². The number of carbonyl (C=O) groups is 1. The van der Waals surface area contributed by atoms with Crippen LogP contribution in [0.5, 0.6) is 0 Å². The number of methoxy groups -OCH3 is 1. The highest BCUT2D eigenvalue weighted by Gasteiger charge is 2.37. The first kappa shape index (κ1) is 12.4. The Morgan fingerprint density at radius 3 is 2.38 bits per heavy atom. The molecule has 0 saturated carbocycles. The number of hydrogen-bond donors (Lipinski definition) is 1. The molecule has 0 aromatic rings. The second kappa shape index (κ2) is 5.22. The van der Waals surface area contributed by atoms with Gasteiger partial charge in [0.15, 0.2) is 0 Å². The quantitative estimate of drug-likeness (QED) is 0.666. The van der Waals surface area contributed by atoms with Gasteiger partial charge in [-0.1, -0.05) is 33.6 Å². The molecule has 0 aliphatic carbocycles. The van der Waals surface area contributed by atoms with Crippen LogP contribution in [-0.4, -0.2) is 18.6 Å². The van der Waals surface area contributed by atoms with E-state index in [4.69, 9.17) is 10.5 Å². The van der Waals surface area contributed by atoms with Crippen LogP contribution >= 0.6 is 0 Å². The summed E-state index contributed by atoms with van der Waals surface area (Å²) in [5.41, 5.74) is 5.21. The van der Waals surface area contributed by atoms with Crippen LogP contribution in [0.1, 0.15) is 40.0 Å². The number of nitrogens with two attached hydrogens (primary N) is 1. The van der Waals surface area contributed by atoms with Gasteiger partial charge in [0.1, 0.15) is 5.54 Å². The molecule has 0 aromatic heterocycles. The van der Waals surface area contributed by atoms with Crippen LogP contribution < -0.4 is 5.73 Å². The molecule has 3 nitrogen and oxygen atoms in total. The van der Waals surface area contributed by atoms with Gasteiger partial charge in [0, 0.05) is 0 Å². The molecule has 0 rings (SSSR count). The Morgan fingerprint density at radius 1 is 1.54 bits per heavy atom. The van der Waals surface area contributed by atoms with Gasteiger partial charge in [0.2, 0.25) is 0 Å². The zero-order chi connectivity index (χ0) is 10.5. The van der Waals surface area contributed by atoms with Crippen molar-refractivity contribution in [3.63, 3.8) is 0 Å². The van der Waals surface area contributed by atoms with Crippen LogP contribution in [0.25, 0.3) is 0 Å². The smallest absolute Gasteiger partial charge is 0.326 e. The zero-order valence-electron chi connectivity index (χ0n) is 9.09. The number of unbranched alkanes of at least 4 members (excludes halogenated alkanes) is 1. The molecular formula is C10H21NO2. The van der Waals surface area contributed by atoms with Gasteiger partial charge in [-0.15, -0.1) is 0 Å². The molecule has 78 valence electrons. The van der Waals surface area contributed by atoms with Gasteiger partial charge < -0.3 is 10.5 Å². The monoisotopic (exact) mass is 187 g/mol. The predicted octanol–water partition coefficient (Wildman–Crippen LogP) is 1.70. The topological polar surface area (TPSA) is 52.3 Å². The third-order valence-corrected chi connectivity index (χ3v) is 2.54. The fourth-order valence-electron chi connectivity index (χ4n) is 1.29. The molecule has 0 saturated heterocycles. The van der Waals surface area contributed by atoms with E-state index in [-0.39, 0.29) is 11.9 Å². The maximum atomic E-state index is 11.4. The summed E-state index contributed by atoms with van der Waals surface area (Å²) in [7, 11) is 1.39. The summed E-state index contributed by atoms with van der Waals surface area (Å²) in [6.07, 6.45) is 2.71. The van der Waals surface area contributed by atoms with Gasteiger partial charge in [-0.3, -0.25) is 4.79 Å². The van der Waals surface area contributed by atoms with Crippen molar-refractivity contribution in [3.8, 4) is 0 Å². The fraction of sp³-hybridized carbons (Fsp3) is 0.900. The lowest BCUT2D eigenvalue weighted by Crippen LogP contribution is -2.53. The lowest BCUT2D eigenvalue weighted by molar-refractivity contribution is -0.149. The maximum Gasteiger partial charge on any atom is 0.326 e. The molecule has 0 fully saturated rings. The number of rotatable bonds is 5. The average Bonchev–Trinajstić information content (AvgIpc) is 2.12. The van der Waals surface area contributed by atoms with Crippen molar-refractivity contribution in [2.75, 3.05) is 7.11 Å². The standard InChI is InChI=1S/C10H21NO2/c1-5-6-7-10(11,8(2)3)9(12)13-4/h8H,5-7,11H2,1-4H3. The highest BCUT2D eigenvalue weighted by Crippen LogP contribution is 2.22. The van der Waals surface area contributed by atoms with Gasteiger partial charge in [-0.2, -0.15) is 0 Å². The van der Waals surface area contributed by atoms with E-state index in [1.54, 1.807) is 0 Å². The average molecular weight is 187 g/mol. The summed E-state index contributed by atoms with van der Waals surface area (Å²) in [6.45, 7) is 5.98. The molecule has 0 aliphatic heterocycles. The van der Waals surface area contributed by atoms with E-state index in [0.29, 0.717) is 6.42 Å². The first-order valence-corrected chi connectivity index (χ1v) is 4.86. The van der Waals surface area contributed by atoms with Gasteiger partial charge in [0.25, 0.3) is 0 Å². The van der Waals surface area contributed by atoms with Crippen LogP contribution in [0.3, 0.4) is 0 Å². The Bertz CT molecular complexity index is 168. The van der Waals surface area contributed by atoms with Crippen molar-refractivity contribution in [2.24, 2.45) is 11.7 Å². The minimum Gasteiger partial charge on any atom is -0.468 e. The van der Waals surface area contributed by atoms with Gasteiger partial charge in [0.05, 0.1) is 7.11 Å². The maximum absolute atomic E-state index is 11.4. The normalized spacial score (nSPS) is 15.5. The van der Waals surface area contributed by atoms with E-state index >= 15 is 0 Å². The molecule has 1 atom stereocenters. The molecule has 2 N–H and O–H groups in total. The van der Waals surface area contributed by atoms with E-state index in [1.807, 2.05) is 13.8 Å². The molecule has 0 radical (unpaired) electrons. The van der Waals surface area contributed by atoms with Crippen LogP contribution in [0.2, 0.25) is 0 Å². The van der Waals surface area contributed by atoms with E-state index in [0.717, 1.165) is 12.8 Å². The van der Waals surface area contributed by atoms with Crippen molar-refractivity contribution < 1.29 is 9.53 Å². The molecule has 0 aromatic carbocycles. The van der Waals surface area contributed by atoms with E-state index < -0.39 is 5.54 Å². The fourth-order valence-corrected chi connectivity index (χ4v) is 1.29. The summed E-state index contributed by atoms with van der Waals surface area (Å²) in [5, 5.41) is 0. The molecule has 13 heavy (non-hydrogen) atoms. The Morgan fingerprint density at radius 2 is 2.08 bits per heavy atom. The van der Waals surface area contributed by atoms with Crippen molar-refractivity contribution in [2.45, 2.75) is 45.6 Å². The van der Waals surface area contributed by atoms with Crippen LogP contribution in [0.4, 0.5) is 0 Å². The van der Waals surface area contributed by atoms with Gasteiger partial charge in [-0.05, 0) is 12.3 Å². The lowest BCUT2D eigenvalue weighted by Gasteiger charge is -2.30. The number of esters is 1. The summed E-state index contributed by atoms with van der Waals surface area (Å²) < 4.78 is 4.71. The van der Waals surface area contributed by atoms with E-state index in [9.17, 15) is 4.79 Å². The van der Waals surface area contributed by atoms with Crippen LogP contribution in [0, 0.1) is 5.92 Å². The number of ether oxygens (including phenoxy) is 1. The summed E-state index contributed by atoms with van der Waals surface area (Å²) in [4.78, 5) is 11.4. The molecule has 1 unspecified atom stereocenters. The Balaban J connectivity index is 4.43. The number of hydrogen-bond acceptors (Lipinski definition) is 3. The first-order valence-electron chi connectivity index (χ1n) is 4.86. The van der Waals surface area contributed by atoms with Gasteiger partial charge in [-0.25, -0.2) is 0 Å². The largest absolute Gasteiger partial charge is 0.468 e. The summed E-state index contributed by atoms with van der Waals surface area (Å²) in [5.74, 6) is -0.178. The molecule has 0 aliphatic rings. The minimum atomic E-state index is -0.801. The number of carbonyl (C=O) groups excluding carboxylic acids is 1. The Kier molecular flexibility index (Phi) is 4.99. The van der Waals surface area contributed by atoms with E-state index in [1.165, 1.54) is 7.11 Å². The molecule has 0 spiro atoms. The van der Waals surface area contributed by atoms with Crippen molar-refractivity contribution in [3.05, 3.63) is 0 Å². The first-order chi connectivity index (χ1) is 5.99. The highest BCUT2D eigenvalue weighted by molar-refractivity contribution is 5.80. The zero-order valence-corrected chi connectivity index (χ0v) is 9.09. The molecule has 0 amide bonds. The Hall–Kier alpha value is -0.570. The second-order valence-corrected chi connectivity index (χ2v) is 3.79. The van der Waals surface area contributed by atoms with Crippen LogP contribution in [-0.2, 0) is 9.53 Å². The van der Waals surface area contributed by atoms with E-state index in [2.05, 4.69) is 6.92 Å². The molecule has 0 heterocycles. The predicted molar refractivity (Wildman–Crippen MR) is 53.3 cm³/mol. The summed E-state index contributed by atoms with van der Waals surface area (Å²) >= 11 is 0. The Labute approximate surface area is 80.6 Å². The van der Waals surface area contributed by atoms with Crippen LogP contribution in [0.15, 0.2) is 0 Å². The summed E-state index contributed by atoms with van der Waals surface area (Å²) in [6, 6.07) is 0. The third-order valence-electron chi connectivity index (χ3n) is 2.54. The third kappa shape index (κ3) is 2.99. The van der Waals surface area contributed by atoms with Crippen molar-refractivity contribution in [1.29, 1.82) is 0 Å².